The lowest BCUT2D eigenvalue weighted by Crippen LogP contribution is -2.37. The number of likely N-dealkylation sites (N-methyl/N-ethyl adjacent to an activating group) is 1. The second-order valence-corrected chi connectivity index (χ2v) is 6.84. The maximum atomic E-state index is 12.6. The first kappa shape index (κ1) is 16.4. The average molecular weight is 338 g/mol. The van der Waals surface area contributed by atoms with Gasteiger partial charge in [-0.15, -0.1) is 0 Å². The summed E-state index contributed by atoms with van der Waals surface area (Å²) in [6.07, 6.45) is 7.60. The highest BCUT2D eigenvalue weighted by atomic mass is 35.5. The Bertz CT molecular complexity index is 568. The SMILES string of the molecule is CN(C(=O)Cc1cc(Cl)c2c(c1)OCCO2)C1CCCCCC1. The minimum Gasteiger partial charge on any atom is -0.486 e. The number of ether oxygens (including phenoxy) is 2. The number of halogens is 1. The molecule has 4 nitrogen and oxygen atoms in total. The van der Waals surface area contributed by atoms with Crippen molar-refractivity contribution >= 4 is 17.5 Å². The van der Waals surface area contributed by atoms with Crippen LogP contribution in [-0.2, 0) is 11.2 Å². The summed E-state index contributed by atoms with van der Waals surface area (Å²) in [5, 5.41) is 0.516. The first-order valence-corrected chi connectivity index (χ1v) is 8.86. The summed E-state index contributed by atoms with van der Waals surface area (Å²) in [6, 6.07) is 4.06. The van der Waals surface area contributed by atoms with E-state index < -0.39 is 0 Å². The highest BCUT2D eigenvalue weighted by Crippen LogP contribution is 2.38. The van der Waals surface area contributed by atoms with E-state index in [0.29, 0.717) is 42.2 Å². The molecule has 23 heavy (non-hydrogen) atoms. The molecule has 1 aromatic carbocycles. The van der Waals surface area contributed by atoms with Crippen LogP contribution in [0.3, 0.4) is 0 Å². The van der Waals surface area contributed by atoms with Crippen molar-refractivity contribution in [3.05, 3.63) is 22.7 Å². The average Bonchev–Trinajstić information content (AvgIpc) is 2.83. The fraction of sp³-hybridized carbons (Fsp3) is 0.611. The van der Waals surface area contributed by atoms with Crippen LogP contribution in [0.5, 0.6) is 11.5 Å². The van der Waals surface area contributed by atoms with Crippen LogP contribution in [0, 0.1) is 0 Å². The number of carbonyl (C=O) groups is 1. The van der Waals surface area contributed by atoms with E-state index in [2.05, 4.69) is 0 Å². The molecule has 0 N–H and O–H groups in total. The molecular weight excluding hydrogens is 314 g/mol. The van der Waals surface area contributed by atoms with E-state index in [9.17, 15) is 4.79 Å². The maximum absolute atomic E-state index is 12.6. The Labute approximate surface area is 142 Å². The van der Waals surface area contributed by atoms with Crippen LogP contribution in [0.2, 0.25) is 5.02 Å². The number of nitrogens with zero attached hydrogens (tertiary/aromatic N) is 1. The number of hydrogen-bond acceptors (Lipinski definition) is 3. The first-order valence-electron chi connectivity index (χ1n) is 8.49. The van der Waals surface area contributed by atoms with Gasteiger partial charge in [0.2, 0.25) is 5.91 Å². The highest BCUT2D eigenvalue weighted by molar-refractivity contribution is 6.32. The molecule has 1 aliphatic heterocycles. The molecule has 1 saturated carbocycles. The topological polar surface area (TPSA) is 38.8 Å². The van der Waals surface area contributed by atoms with Crippen molar-refractivity contribution in [2.24, 2.45) is 0 Å². The Morgan fingerprint density at radius 1 is 1.17 bits per heavy atom. The molecule has 3 rings (SSSR count). The van der Waals surface area contributed by atoms with Crippen molar-refractivity contribution in [3.8, 4) is 11.5 Å². The summed E-state index contributed by atoms with van der Waals surface area (Å²) in [4.78, 5) is 14.5. The second-order valence-electron chi connectivity index (χ2n) is 6.43. The van der Waals surface area contributed by atoms with Gasteiger partial charge in [0.1, 0.15) is 13.2 Å². The zero-order valence-corrected chi connectivity index (χ0v) is 14.4. The molecule has 0 atom stereocenters. The van der Waals surface area contributed by atoms with Crippen LogP contribution < -0.4 is 9.47 Å². The number of fused-ring (bicyclic) bond motifs is 1. The molecule has 2 aliphatic rings. The Morgan fingerprint density at radius 2 is 1.87 bits per heavy atom. The normalized spacial score (nSPS) is 18.3. The van der Waals surface area contributed by atoms with Crippen LogP contribution in [-0.4, -0.2) is 37.1 Å². The Kier molecular flexibility index (Phi) is 5.31. The van der Waals surface area contributed by atoms with Crippen LogP contribution >= 0.6 is 11.6 Å². The predicted octanol–water partition coefficient (Wildman–Crippen LogP) is 3.83. The van der Waals surface area contributed by atoms with Gasteiger partial charge in [0.25, 0.3) is 0 Å². The van der Waals surface area contributed by atoms with Gasteiger partial charge in [-0.3, -0.25) is 4.79 Å². The molecule has 126 valence electrons. The number of carbonyl (C=O) groups excluding carboxylic acids is 1. The number of benzene rings is 1. The van der Waals surface area contributed by atoms with E-state index in [0.717, 1.165) is 18.4 Å². The van der Waals surface area contributed by atoms with E-state index in [4.69, 9.17) is 21.1 Å². The molecule has 1 aliphatic carbocycles. The van der Waals surface area contributed by atoms with Gasteiger partial charge in [-0.1, -0.05) is 37.3 Å². The number of amides is 1. The van der Waals surface area contributed by atoms with Gasteiger partial charge < -0.3 is 14.4 Å². The minimum absolute atomic E-state index is 0.143. The number of rotatable bonds is 3. The minimum atomic E-state index is 0.143. The molecule has 5 heteroatoms. The quantitative estimate of drug-likeness (QED) is 0.787. The molecule has 0 saturated heterocycles. The fourth-order valence-corrected chi connectivity index (χ4v) is 3.70. The molecule has 1 heterocycles. The molecule has 0 aromatic heterocycles. The van der Waals surface area contributed by atoms with Crippen molar-refractivity contribution in [2.75, 3.05) is 20.3 Å². The molecule has 0 spiro atoms. The summed E-state index contributed by atoms with van der Waals surface area (Å²) in [6.45, 7) is 1.03. The van der Waals surface area contributed by atoms with Crippen molar-refractivity contribution in [1.82, 2.24) is 4.90 Å². The first-order chi connectivity index (χ1) is 11.1. The van der Waals surface area contributed by atoms with E-state index in [1.54, 1.807) is 0 Å². The zero-order valence-electron chi connectivity index (χ0n) is 13.6. The third-order valence-electron chi connectivity index (χ3n) is 4.78. The monoisotopic (exact) mass is 337 g/mol. The summed E-state index contributed by atoms with van der Waals surface area (Å²) in [7, 11) is 1.93. The maximum Gasteiger partial charge on any atom is 0.226 e. The third-order valence-corrected chi connectivity index (χ3v) is 5.06. The summed E-state index contributed by atoms with van der Waals surface area (Å²) in [5.41, 5.74) is 0.879. The highest BCUT2D eigenvalue weighted by Gasteiger charge is 2.23. The van der Waals surface area contributed by atoms with E-state index in [-0.39, 0.29) is 5.91 Å². The van der Waals surface area contributed by atoms with E-state index in [1.807, 2.05) is 24.1 Å². The molecular formula is C18H24ClNO3. The van der Waals surface area contributed by atoms with Crippen LogP contribution in [0.1, 0.15) is 44.1 Å². The van der Waals surface area contributed by atoms with Gasteiger partial charge in [0.15, 0.2) is 11.5 Å². The van der Waals surface area contributed by atoms with Gasteiger partial charge >= 0.3 is 0 Å². The van der Waals surface area contributed by atoms with E-state index >= 15 is 0 Å². The summed E-state index contributed by atoms with van der Waals surface area (Å²) >= 11 is 6.25. The smallest absolute Gasteiger partial charge is 0.226 e. The molecule has 0 radical (unpaired) electrons. The molecule has 1 aromatic rings. The van der Waals surface area contributed by atoms with Gasteiger partial charge in [-0.05, 0) is 30.5 Å². The largest absolute Gasteiger partial charge is 0.486 e. The second kappa shape index (κ2) is 7.43. The summed E-state index contributed by atoms with van der Waals surface area (Å²) < 4.78 is 11.1. The van der Waals surface area contributed by atoms with Gasteiger partial charge in [0, 0.05) is 13.1 Å². The van der Waals surface area contributed by atoms with Crippen LogP contribution in [0.15, 0.2) is 12.1 Å². The van der Waals surface area contributed by atoms with Crippen molar-refractivity contribution in [1.29, 1.82) is 0 Å². The van der Waals surface area contributed by atoms with Crippen molar-refractivity contribution < 1.29 is 14.3 Å². The Balaban J connectivity index is 1.68. The van der Waals surface area contributed by atoms with Gasteiger partial charge in [-0.25, -0.2) is 0 Å². The standard InChI is InChI=1S/C18H24ClNO3/c1-20(14-6-4-2-3-5-7-14)17(21)12-13-10-15(19)18-16(11-13)22-8-9-23-18/h10-11,14H,2-9,12H2,1H3. The predicted molar refractivity (Wildman–Crippen MR) is 90.4 cm³/mol. The Morgan fingerprint density at radius 3 is 2.61 bits per heavy atom. The molecule has 0 unspecified atom stereocenters. The van der Waals surface area contributed by atoms with Gasteiger partial charge in [0.05, 0.1) is 11.4 Å². The van der Waals surface area contributed by atoms with Crippen molar-refractivity contribution in [3.63, 3.8) is 0 Å². The van der Waals surface area contributed by atoms with E-state index in [1.165, 1.54) is 25.7 Å². The lowest BCUT2D eigenvalue weighted by molar-refractivity contribution is -0.131. The lowest BCUT2D eigenvalue weighted by atomic mass is 10.1. The van der Waals surface area contributed by atoms with Crippen molar-refractivity contribution in [2.45, 2.75) is 51.0 Å². The fourth-order valence-electron chi connectivity index (χ4n) is 3.41. The lowest BCUT2D eigenvalue weighted by Gasteiger charge is -2.27. The molecule has 1 fully saturated rings. The zero-order chi connectivity index (χ0) is 16.2. The van der Waals surface area contributed by atoms with Gasteiger partial charge in [-0.2, -0.15) is 0 Å². The number of hydrogen-bond donors (Lipinski definition) is 0. The van der Waals surface area contributed by atoms with Crippen LogP contribution in [0.4, 0.5) is 0 Å². The molecule has 1 amide bonds. The Hall–Kier alpha value is -1.42. The summed E-state index contributed by atoms with van der Waals surface area (Å²) in [5.74, 6) is 1.37. The van der Waals surface area contributed by atoms with Crippen LogP contribution in [0.25, 0.3) is 0 Å². The molecule has 0 bridgehead atoms. The third kappa shape index (κ3) is 3.92.